The van der Waals surface area contributed by atoms with Crippen LogP contribution in [0.3, 0.4) is 0 Å². The van der Waals surface area contributed by atoms with Gasteiger partial charge in [0.1, 0.15) is 5.41 Å². The lowest BCUT2D eigenvalue weighted by Gasteiger charge is -2.43. The van der Waals surface area contributed by atoms with Crippen LogP contribution in [0.25, 0.3) is 0 Å². The molecule has 5 nitrogen and oxygen atoms in total. The van der Waals surface area contributed by atoms with Crippen LogP contribution in [0.1, 0.15) is 6.42 Å². The molecule has 0 heterocycles. The molecule has 2 aliphatic carbocycles. The second-order valence-corrected chi connectivity index (χ2v) is 4.38. The first-order chi connectivity index (χ1) is 8.02. The molecule has 0 amide bonds. The Morgan fingerprint density at radius 3 is 2.88 bits per heavy atom. The Morgan fingerprint density at radius 2 is 2.24 bits per heavy atom. The van der Waals surface area contributed by atoms with E-state index in [1.54, 1.807) is 0 Å². The smallest absolute Gasteiger partial charge is 0.319 e. The van der Waals surface area contributed by atoms with Gasteiger partial charge in [-0.3, -0.25) is 9.59 Å². The summed E-state index contributed by atoms with van der Waals surface area (Å²) >= 11 is 0. The molecule has 3 N–H and O–H groups in total. The Morgan fingerprint density at radius 1 is 1.53 bits per heavy atom. The fourth-order valence-corrected chi connectivity index (χ4v) is 2.57. The highest BCUT2D eigenvalue weighted by Crippen LogP contribution is 2.45. The summed E-state index contributed by atoms with van der Waals surface area (Å²) < 4.78 is 4.72. The number of esters is 1. The van der Waals surface area contributed by atoms with Crippen molar-refractivity contribution in [3.63, 3.8) is 0 Å². The van der Waals surface area contributed by atoms with Gasteiger partial charge < -0.3 is 14.9 Å². The molecular formula is C12H15O5+. The fourth-order valence-electron chi connectivity index (χ4n) is 2.57. The zero-order valence-electron chi connectivity index (χ0n) is 9.41. The molecule has 0 fully saturated rings. The van der Waals surface area contributed by atoms with Gasteiger partial charge in [0.2, 0.25) is 0 Å². The van der Waals surface area contributed by atoms with Crippen molar-refractivity contribution in [2.45, 2.75) is 18.6 Å². The summed E-state index contributed by atoms with van der Waals surface area (Å²) in [6.07, 6.45) is 3.78. The van der Waals surface area contributed by atoms with Gasteiger partial charge in [-0.1, -0.05) is 18.2 Å². The highest BCUT2D eigenvalue weighted by molar-refractivity contribution is 5.95. The third-order valence-electron chi connectivity index (χ3n) is 3.53. The number of ketones is 1. The lowest BCUT2D eigenvalue weighted by molar-refractivity contribution is -0.162. The highest BCUT2D eigenvalue weighted by atomic mass is 16.5. The number of carbonyl (C=O) groups is 1. The third kappa shape index (κ3) is 1.62. The Bertz CT molecular complexity index is 411. The number of hydrogen-bond donors (Lipinski definition) is 2. The minimum atomic E-state index is -1.31. The summed E-state index contributed by atoms with van der Waals surface area (Å²) in [4.78, 5) is 21.4. The van der Waals surface area contributed by atoms with E-state index in [0.29, 0.717) is 0 Å². The Balaban J connectivity index is 2.53. The standard InChI is InChI=1S/C12H14O5/c1-17-11(16)12-5-4-7(13)6-8(12)9(14)2-3-10(12)15/h2-5,8-10,14-15H,6H2,1H3/p+1/t8-,9-,10+,12+/m1/s1. The maximum Gasteiger partial charge on any atom is 0.319 e. The Kier molecular flexibility index (Phi) is 2.89. The molecule has 0 aliphatic heterocycles. The van der Waals surface area contributed by atoms with E-state index in [1.807, 2.05) is 0 Å². The van der Waals surface area contributed by atoms with Crippen molar-refractivity contribution in [2.75, 3.05) is 7.11 Å². The summed E-state index contributed by atoms with van der Waals surface area (Å²) in [5.74, 6) is -1.14. The van der Waals surface area contributed by atoms with Crippen molar-refractivity contribution in [3.05, 3.63) is 24.3 Å². The van der Waals surface area contributed by atoms with Crippen LogP contribution in [0, 0.1) is 11.3 Å². The molecule has 4 atom stereocenters. The highest BCUT2D eigenvalue weighted by Gasteiger charge is 2.56. The van der Waals surface area contributed by atoms with Crippen LogP contribution in [0.15, 0.2) is 24.3 Å². The third-order valence-corrected chi connectivity index (χ3v) is 3.53. The second kappa shape index (κ2) is 4.09. The van der Waals surface area contributed by atoms with Crippen molar-refractivity contribution < 1.29 is 24.5 Å². The van der Waals surface area contributed by atoms with Crippen molar-refractivity contribution in [1.82, 2.24) is 0 Å². The molecule has 0 unspecified atom stereocenters. The molecule has 2 rings (SSSR count). The van der Waals surface area contributed by atoms with Crippen LogP contribution < -0.4 is 0 Å². The molecule has 0 saturated heterocycles. The van der Waals surface area contributed by atoms with Gasteiger partial charge in [-0.2, -0.15) is 0 Å². The van der Waals surface area contributed by atoms with Crippen LogP contribution in [-0.4, -0.2) is 46.1 Å². The van der Waals surface area contributed by atoms with E-state index in [1.165, 1.54) is 31.4 Å². The van der Waals surface area contributed by atoms with E-state index in [4.69, 9.17) is 4.74 Å². The lowest BCUT2D eigenvalue weighted by Crippen LogP contribution is -2.54. The average molecular weight is 239 g/mol. The van der Waals surface area contributed by atoms with Crippen LogP contribution >= 0.6 is 0 Å². The van der Waals surface area contributed by atoms with Crippen LogP contribution in [0.5, 0.6) is 0 Å². The van der Waals surface area contributed by atoms with Crippen molar-refractivity contribution >= 4 is 11.8 Å². The average Bonchev–Trinajstić information content (AvgIpc) is 2.33. The molecule has 0 spiro atoms. The van der Waals surface area contributed by atoms with Gasteiger partial charge in [0.15, 0.2) is 0 Å². The summed E-state index contributed by atoms with van der Waals surface area (Å²) in [6, 6.07) is 0. The van der Waals surface area contributed by atoms with Gasteiger partial charge in [-0.15, -0.1) is 0 Å². The van der Waals surface area contributed by atoms with Crippen molar-refractivity contribution in [2.24, 2.45) is 11.3 Å². The van der Waals surface area contributed by atoms with Gasteiger partial charge in [-0.25, -0.2) is 0 Å². The number of carbonyl (C=O) groups excluding carboxylic acids is 2. The first kappa shape index (κ1) is 12.0. The van der Waals surface area contributed by atoms with Crippen LogP contribution in [0.2, 0.25) is 0 Å². The molecule has 0 aromatic heterocycles. The summed E-state index contributed by atoms with van der Waals surface area (Å²) in [5.41, 5.74) is -1.31. The first-order valence-corrected chi connectivity index (χ1v) is 5.39. The minimum Gasteiger partial charge on any atom is -0.468 e. The summed E-state index contributed by atoms with van der Waals surface area (Å²) in [5, 5.41) is 19.9. The number of ether oxygens (including phenoxy) is 1. The molecule has 0 bridgehead atoms. The topological polar surface area (TPSA) is 88.2 Å². The number of methoxy groups -OCH3 is 1. The number of hydrogen-bond acceptors (Lipinski definition) is 4. The molecule has 2 aliphatic rings. The Labute approximate surface area is 98.4 Å². The van der Waals surface area contributed by atoms with E-state index in [-0.39, 0.29) is 12.2 Å². The van der Waals surface area contributed by atoms with E-state index in [9.17, 15) is 19.8 Å². The lowest BCUT2D eigenvalue weighted by atomic mass is 9.61. The predicted molar refractivity (Wildman–Crippen MR) is 59.8 cm³/mol. The van der Waals surface area contributed by atoms with Crippen LogP contribution in [-0.2, 0) is 9.53 Å². The largest absolute Gasteiger partial charge is 0.468 e. The molecule has 0 radical (unpaired) electrons. The number of aliphatic hydroxyl groups excluding tert-OH is 2. The molecule has 92 valence electrons. The maximum absolute atomic E-state index is 11.9. The quantitative estimate of drug-likeness (QED) is 0.369. The van der Waals surface area contributed by atoms with E-state index < -0.39 is 29.5 Å². The monoisotopic (exact) mass is 239 g/mol. The predicted octanol–water partition coefficient (Wildman–Crippen LogP) is -0.442. The molecule has 0 aromatic carbocycles. The number of aliphatic hydroxyl groups is 2. The first-order valence-electron chi connectivity index (χ1n) is 5.39. The van der Waals surface area contributed by atoms with Crippen LogP contribution in [0.4, 0.5) is 0 Å². The van der Waals surface area contributed by atoms with E-state index in [0.717, 1.165) is 0 Å². The number of rotatable bonds is 1. The zero-order valence-corrected chi connectivity index (χ0v) is 9.41. The van der Waals surface area contributed by atoms with Gasteiger partial charge in [-0.05, 0) is 0 Å². The van der Waals surface area contributed by atoms with Gasteiger partial charge in [0, 0.05) is 12.0 Å². The number of fused-ring (bicyclic) bond motifs is 1. The fraction of sp³-hybridized carbons (Fsp3) is 0.500. The van der Waals surface area contributed by atoms with Gasteiger partial charge >= 0.3 is 11.8 Å². The van der Waals surface area contributed by atoms with E-state index in [2.05, 4.69) is 0 Å². The van der Waals surface area contributed by atoms with Gasteiger partial charge in [0.05, 0.1) is 25.7 Å². The SMILES string of the molecule is COC(=O)[C@@]12C=CC(=[OH+])C[C@@H]1[C@H](O)C=C[C@@H]2O. The molecule has 0 saturated carbocycles. The molecule has 5 heteroatoms. The zero-order chi connectivity index (χ0) is 12.6. The van der Waals surface area contributed by atoms with Gasteiger partial charge in [0.25, 0.3) is 0 Å². The normalized spacial score (nSPS) is 39.9. The Hall–Kier alpha value is -1.46. The molecule has 17 heavy (non-hydrogen) atoms. The molecular weight excluding hydrogens is 224 g/mol. The maximum atomic E-state index is 11.9. The summed E-state index contributed by atoms with van der Waals surface area (Å²) in [6.45, 7) is 0. The van der Waals surface area contributed by atoms with Crippen molar-refractivity contribution in [3.8, 4) is 0 Å². The van der Waals surface area contributed by atoms with Crippen molar-refractivity contribution in [1.29, 1.82) is 0 Å². The minimum absolute atomic E-state index is 0.0797. The second-order valence-electron chi connectivity index (χ2n) is 4.38. The summed E-state index contributed by atoms with van der Waals surface area (Å²) in [7, 11) is 1.23. The molecule has 0 aromatic rings. The number of allylic oxidation sites excluding steroid dienone is 1. The van der Waals surface area contributed by atoms with E-state index >= 15 is 0 Å².